The summed E-state index contributed by atoms with van der Waals surface area (Å²) in [4.78, 5) is 33.3. The van der Waals surface area contributed by atoms with Crippen molar-refractivity contribution in [1.82, 2.24) is 9.88 Å². The fourth-order valence-electron chi connectivity index (χ4n) is 3.42. The summed E-state index contributed by atoms with van der Waals surface area (Å²) < 4.78 is 0. The van der Waals surface area contributed by atoms with Gasteiger partial charge >= 0.3 is 0 Å². The average Bonchev–Trinajstić information content (AvgIpc) is 2.94. The predicted octanol–water partition coefficient (Wildman–Crippen LogP) is 3.65. The second kappa shape index (κ2) is 9.37. The lowest BCUT2D eigenvalue weighted by Gasteiger charge is -2.23. The van der Waals surface area contributed by atoms with Gasteiger partial charge in [0.25, 0.3) is 5.91 Å². The van der Waals surface area contributed by atoms with Crippen LogP contribution in [0.3, 0.4) is 0 Å². The molecule has 0 saturated carbocycles. The molecule has 29 heavy (non-hydrogen) atoms. The Morgan fingerprint density at radius 1 is 1.03 bits per heavy atom. The van der Waals surface area contributed by atoms with Gasteiger partial charge in [0.05, 0.1) is 11.9 Å². The molecule has 1 N–H and O–H groups in total. The molecule has 1 aliphatic rings. The molecule has 6 nitrogen and oxygen atoms in total. The Balaban J connectivity index is 1.62. The summed E-state index contributed by atoms with van der Waals surface area (Å²) in [6.07, 6.45) is 4.12. The van der Waals surface area contributed by atoms with Crippen molar-refractivity contribution in [2.75, 3.05) is 36.4 Å². The Morgan fingerprint density at radius 3 is 2.52 bits per heavy atom. The summed E-state index contributed by atoms with van der Waals surface area (Å²) in [5, 5.41) is 2.81. The molecule has 152 valence electrons. The first-order chi connectivity index (χ1) is 13.9. The van der Waals surface area contributed by atoms with E-state index in [4.69, 9.17) is 0 Å². The number of rotatable bonds is 4. The molecule has 2 amide bonds. The minimum absolute atomic E-state index is 0.0928. The van der Waals surface area contributed by atoms with E-state index in [2.05, 4.69) is 15.2 Å². The van der Waals surface area contributed by atoms with E-state index >= 15 is 0 Å². The third kappa shape index (κ3) is 5.44. The number of carbonyl (C=O) groups is 2. The molecule has 1 saturated heterocycles. The summed E-state index contributed by atoms with van der Waals surface area (Å²) in [6.45, 7) is 8.70. The van der Waals surface area contributed by atoms with Crippen molar-refractivity contribution in [1.29, 1.82) is 0 Å². The van der Waals surface area contributed by atoms with E-state index in [9.17, 15) is 9.59 Å². The van der Waals surface area contributed by atoms with E-state index in [1.807, 2.05) is 62.1 Å². The quantitative estimate of drug-likeness (QED) is 0.807. The number of benzene rings is 1. The summed E-state index contributed by atoms with van der Waals surface area (Å²) in [5.74, 6) is 0.797. The fraction of sp³-hybridized carbons (Fsp3) is 0.348. The van der Waals surface area contributed by atoms with E-state index in [1.165, 1.54) is 0 Å². The van der Waals surface area contributed by atoms with Crippen molar-refractivity contribution < 1.29 is 9.59 Å². The highest BCUT2D eigenvalue weighted by molar-refractivity contribution is 5.99. The number of nitrogens with zero attached hydrogens (tertiary/aromatic N) is 3. The Labute approximate surface area is 172 Å². The summed E-state index contributed by atoms with van der Waals surface area (Å²) in [5.41, 5.74) is 3.39. The molecule has 2 aromatic rings. The molecule has 0 unspecified atom stereocenters. The first-order valence-electron chi connectivity index (χ1n) is 9.96. The van der Waals surface area contributed by atoms with Crippen molar-refractivity contribution in [3.63, 3.8) is 0 Å². The fourth-order valence-corrected chi connectivity index (χ4v) is 3.42. The highest BCUT2D eigenvalue weighted by Crippen LogP contribution is 2.18. The summed E-state index contributed by atoms with van der Waals surface area (Å²) in [6, 6.07) is 11.5. The molecule has 1 fully saturated rings. The smallest absolute Gasteiger partial charge is 0.254 e. The maximum absolute atomic E-state index is 12.9. The SMILES string of the molecule is CC(C)=CC(=O)Nc1ccc(N2CCCN(C(=O)c3ccccc3C)CC2)nc1. The van der Waals surface area contributed by atoms with E-state index in [0.717, 1.165) is 48.6 Å². The lowest BCUT2D eigenvalue weighted by atomic mass is 10.1. The zero-order valence-corrected chi connectivity index (χ0v) is 17.3. The molecule has 3 rings (SSSR count). The highest BCUT2D eigenvalue weighted by Gasteiger charge is 2.21. The van der Waals surface area contributed by atoms with E-state index in [-0.39, 0.29) is 11.8 Å². The van der Waals surface area contributed by atoms with Crippen molar-refractivity contribution in [2.24, 2.45) is 0 Å². The third-order valence-electron chi connectivity index (χ3n) is 4.92. The Hall–Kier alpha value is -3.15. The number of carbonyl (C=O) groups excluding carboxylic acids is 2. The van der Waals surface area contributed by atoms with Gasteiger partial charge < -0.3 is 15.1 Å². The maximum Gasteiger partial charge on any atom is 0.254 e. The van der Waals surface area contributed by atoms with Gasteiger partial charge in [0, 0.05) is 37.8 Å². The molecule has 0 radical (unpaired) electrons. The lowest BCUT2D eigenvalue weighted by molar-refractivity contribution is -0.111. The number of anilines is 2. The highest BCUT2D eigenvalue weighted by atomic mass is 16.2. The largest absolute Gasteiger partial charge is 0.355 e. The van der Waals surface area contributed by atoms with Gasteiger partial charge in [-0.3, -0.25) is 9.59 Å². The standard InChI is InChI=1S/C23H28N4O2/c1-17(2)15-22(28)25-19-9-10-21(24-16-19)26-11-6-12-27(14-13-26)23(29)20-8-5-4-7-18(20)3/h4-5,7-10,15-16H,6,11-14H2,1-3H3,(H,25,28). The monoisotopic (exact) mass is 392 g/mol. The molecule has 0 bridgehead atoms. The second-order valence-corrected chi connectivity index (χ2v) is 7.56. The van der Waals surface area contributed by atoms with Crippen LogP contribution in [0.15, 0.2) is 54.2 Å². The van der Waals surface area contributed by atoms with Crippen LogP contribution in [0.25, 0.3) is 0 Å². The number of aryl methyl sites for hydroxylation is 1. The topological polar surface area (TPSA) is 65.5 Å². The molecular formula is C23H28N4O2. The number of pyridine rings is 1. The van der Waals surface area contributed by atoms with Gasteiger partial charge in [-0.05, 0) is 51.0 Å². The molecular weight excluding hydrogens is 364 g/mol. The average molecular weight is 393 g/mol. The first-order valence-corrected chi connectivity index (χ1v) is 9.96. The number of nitrogens with one attached hydrogen (secondary N) is 1. The van der Waals surface area contributed by atoms with E-state index in [1.54, 1.807) is 12.3 Å². The summed E-state index contributed by atoms with van der Waals surface area (Å²) in [7, 11) is 0. The minimum Gasteiger partial charge on any atom is -0.355 e. The molecule has 0 atom stereocenters. The number of allylic oxidation sites excluding steroid dienone is 1. The molecule has 6 heteroatoms. The third-order valence-corrected chi connectivity index (χ3v) is 4.92. The van der Waals surface area contributed by atoms with Crippen LogP contribution in [0.2, 0.25) is 0 Å². The molecule has 2 heterocycles. The Bertz CT molecular complexity index is 901. The number of hydrogen-bond donors (Lipinski definition) is 1. The van der Waals surface area contributed by atoms with Crippen LogP contribution in [-0.2, 0) is 4.79 Å². The van der Waals surface area contributed by atoms with Gasteiger partial charge in [-0.15, -0.1) is 0 Å². The maximum atomic E-state index is 12.9. The normalized spacial score (nSPS) is 14.2. The lowest BCUT2D eigenvalue weighted by Crippen LogP contribution is -2.35. The van der Waals surface area contributed by atoms with Crippen LogP contribution in [0.5, 0.6) is 0 Å². The molecule has 0 spiro atoms. The van der Waals surface area contributed by atoms with Crippen molar-refractivity contribution >= 4 is 23.3 Å². The Kier molecular flexibility index (Phi) is 6.65. The zero-order valence-electron chi connectivity index (χ0n) is 17.3. The van der Waals surface area contributed by atoms with Gasteiger partial charge in [-0.2, -0.15) is 0 Å². The Morgan fingerprint density at radius 2 is 1.83 bits per heavy atom. The predicted molar refractivity (Wildman–Crippen MR) is 116 cm³/mol. The zero-order chi connectivity index (χ0) is 20.8. The van der Waals surface area contributed by atoms with Crippen LogP contribution in [0.1, 0.15) is 36.2 Å². The van der Waals surface area contributed by atoms with E-state index in [0.29, 0.717) is 12.2 Å². The van der Waals surface area contributed by atoms with Crippen molar-refractivity contribution in [3.05, 3.63) is 65.4 Å². The second-order valence-electron chi connectivity index (χ2n) is 7.56. The number of aromatic nitrogens is 1. The van der Waals surface area contributed by atoms with Crippen molar-refractivity contribution in [3.8, 4) is 0 Å². The van der Waals surface area contributed by atoms with Crippen molar-refractivity contribution in [2.45, 2.75) is 27.2 Å². The molecule has 1 aromatic heterocycles. The van der Waals surface area contributed by atoms with Crippen LogP contribution in [-0.4, -0.2) is 47.9 Å². The molecule has 1 aliphatic heterocycles. The molecule has 1 aromatic carbocycles. The van der Waals surface area contributed by atoms with Gasteiger partial charge in [0.1, 0.15) is 5.82 Å². The van der Waals surface area contributed by atoms with Gasteiger partial charge in [0.15, 0.2) is 0 Å². The van der Waals surface area contributed by atoms with Crippen LogP contribution >= 0.6 is 0 Å². The van der Waals surface area contributed by atoms with Gasteiger partial charge in [-0.1, -0.05) is 23.8 Å². The van der Waals surface area contributed by atoms with E-state index < -0.39 is 0 Å². The van der Waals surface area contributed by atoms with Crippen LogP contribution in [0, 0.1) is 6.92 Å². The first kappa shape index (κ1) is 20.6. The summed E-state index contributed by atoms with van der Waals surface area (Å²) >= 11 is 0. The molecule has 0 aliphatic carbocycles. The minimum atomic E-state index is -0.153. The van der Waals surface area contributed by atoms with Crippen LogP contribution < -0.4 is 10.2 Å². The van der Waals surface area contributed by atoms with Gasteiger partial charge in [-0.25, -0.2) is 4.98 Å². The van der Waals surface area contributed by atoms with Gasteiger partial charge in [0.2, 0.25) is 5.91 Å². The van der Waals surface area contributed by atoms with Crippen LogP contribution in [0.4, 0.5) is 11.5 Å². The number of amides is 2. The number of hydrogen-bond acceptors (Lipinski definition) is 4.